The molecule has 1 nitrogen and oxygen atoms in total. The maximum Gasteiger partial charge on any atom is 0.195 e. The van der Waals surface area contributed by atoms with Crippen molar-refractivity contribution in [3.8, 4) is 0 Å². The van der Waals surface area contributed by atoms with Crippen molar-refractivity contribution in [1.82, 2.24) is 4.98 Å². The molecule has 0 spiro atoms. The minimum atomic E-state index is -1.56. The normalized spacial score (nSPS) is 10.6. The minimum Gasteiger partial charge on any atom is -0.261 e. The van der Waals surface area contributed by atoms with Gasteiger partial charge in [0.2, 0.25) is 0 Å². The molecule has 0 N–H and O–H groups in total. The molecule has 0 atom stereocenters. The number of halogens is 4. The Hall–Kier alpha value is -1.91. The molecule has 0 saturated heterocycles. The van der Waals surface area contributed by atoms with Gasteiger partial charge in [0.15, 0.2) is 17.5 Å². The molecule has 2 aromatic rings. The van der Waals surface area contributed by atoms with Gasteiger partial charge in [-0.2, -0.15) is 0 Å². The molecule has 0 aliphatic rings. The zero-order chi connectivity index (χ0) is 12.4. The minimum absolute atomic E-state index is 0.0267. The van der Waals surface area contributed by atoms with Crippen LogP contribution < -0.4 is 0 Å². The van der Waals surface area contributed by atoms with Gasteiger partial charge in [0, 0.05) is 12.3 Å². The summed E-state index contributed by atoms with van der Waals surface area (Å²) in [4.78, 5) is 3.59. The van der Waals surface area contributed by atoms with Gasteiger partial charge < -0.3 is 0 Å². The molecule has 1 heterocycles. The molecular formula is C12H6F4N. The zero-order valence-corrected chi connectivity index (χ0v) is 8.48. The fourth-order valence-corrected chi connectivity index (χ4v) is 1.42. The Bertz CT molecular complexity index is 531. The van der Waals surface area contributed by atoms with Crippen LogP contribution >= 0.6 is 0 Å². The number of hydrogen-bond donors (Lipinski definition) is 0. The molecule has 0 bridgehead atoms. The lowest BCUT2D eigenvalue weighted by Crippen LogP contribution is -1.97. The van der Waals surface area contributed by atoms with Crippen LogP contribution in [0.25, 0.3) is 0 Å². The lowest BCUT2D eigenvalue weighted by Gasteiger charge is -2.03. The summed E-state index contributed by atoms with van der Waals surface area (Å²) < 4.78 is 51.2. The molecule has 0 aliphatic carbocycles. The van der Waals surface area contributed by atoms with Gasteiger partial charge in [-0.1, -0.05) is 0 Å². The highest BCUT2D eigenvalue weighted by Gasteiger charge is 2.11. The fourth-order valence-electron chi connectivity index (χ4n) is 1.42. The van der Waals surface area contributed by atoms with Crippen LogP contribution in [0.15, 0.2) is 24.5 Å². The van der Waals surface area contributed by atoms with Crippen molar-refractivity contribution in [2.75, 3.05) is 0 Å². The molecule has 0 amide bonds. The van der Waals surface area contributed by atoms with Crippen LogP contribution in [-0.2, 0) is 6.42 Å². The monoisotopic (exact) mass is 240 g/mol. The molecule has 1 aromatic carbocycles. The van der Waals surface area contributed by atoms with Crippen LogP contribution in [-0.4, -0.2) is 4.98 Å². The Morgan fingerprint density at radius 1 is 1.06 bits per heavy atom. The average molecular weight is 240 g/mol. The number of aromatic nitrogens is 1. The number of hydrogen-bond acceptors (Lipinski definition) is 1. The first-order valence-electron chi connectivity index (χ1n) is 4.71. The van der Waals surface area contributed by atoms with Crippen molar-refractivity contribution in [1.29, 1.82) is 0 Å². The number of nitrogens with zero attached hydrogens (tertiary/aromatic N) is 1. The summed E-state index contributed by atoms with van der Waals surface area (Å²) in [5, 5.41) is 0. The lowest BCUT2D eigenvalue weighted by molar-refractivity contribution is 0.444. The van der Waals surface area contributed by atoms with Crippen molar-refractivity contribution in [3.63, 3.8) is 0 Å². The second-order valence-electron chi connectivity index (χ2n) is 3.46. The molecule has 1 radical (unpaired) electrons. The van der Waals surface area contributed by atoms with Gasteiger partial charge in [0.1, 0.15) is 5.82 Å². The second-order valence-corrected chi connectivity index (χ2v) is 3.46. The van der Waals surface area contributed by atoms with Crippen LogP contribution in [0.2, 0.25) is 0 Å². The summed E-state index contributed by atoms with van der Waals surface area (Å²) in [6.07, 6.45) is 2.40. The maximum atomic E-state index is 12.9. The first-order valence-corrected chi connectivity index (χ1v) is 4.71. The Kier molecular flexibility index (Phi) is 3.08. The van der Waals surface area contributed by atoms with E-state index in [1.807, 2.05) is 0 Å². The third-order valence-electron chi connectivity index (χ3n) is 2.13. The standard InChI is InChI=1S/C12H6F4N/c13-9-2-8(5-17-6-9)1-7-3-10(14)12(16)11(15)4-7/h2-3,5-6H,1H2. The van der Waals surface area contributed by atoms with E-state index in [2.05, 4.69) is 11.1 Å². The molecule has 0 unspecified atom stereocenters. The van der Waals surface area contributed by atoms with Gasteiger partial charge in [-0.05, 0) is 29.7 Å². The van der Waals surface area contributed by atoms with Crippen molar-refractivity contribution in [2.24, 2.45) is 0 Å². The Balaban J connectivity index is 2.31. The van der Waals surface area contributed by atoms with E-state index in [0.29, 0.717) is 5.56 Å². The van der Waals surface area contributed by atoms with Crippen LogP contribution in [0.3, 0.4) is 0 Å². The van der Waals surface area contributed by atoms with Crippen molar-refractivity contribution in [2.45, 2.75) is 6.42 Å². The smallest absolute Gasteiger partial charge is 0.195 e. The second kappa shape index (κ2) is 4.53. The predicted molar refractivity (Wildman–Crippen MR) is 52.2 cm³/mol. The van der Waals surface area contributed by atoms with Crippen LogP contribution in [0.1, 0.15) is 11.1 Å². The summed E-state index contributed by atoms with van der Waals surface area (Å²) in [6.45, 7) is 0. The molecule has 0 aliphatic heterocycles. The van der Waals surface area contributed by atoms with E-state index in [1.54, 1.807) is 0 Å². The van der Waals surface area contributed by atoms with E-state index in [1.165, 1.54) is 12.3 Å². The molecule has 87 valence electrons. The molecule has 5 heteroatoms. The number of pyridine rings is 1. The summed E-state index contributed by atoms with van der Waals surface area (Å²) in [6, 6.07) is 4.06. The van der Waals surface area contributed by atoms with Gasteiger partial charge in [0.05, 0.1) is 6.20 Å². The third-order valence-corrected chi connectivity index (χ3v) is 2.13. The number of benzene rings is 1. The molecule has 2 rings (SSSR count). The summed E-state index contributed by atoms with van der Waals surface area (Å²) >= 11 is 0. The van der Waals surface area contributed by atoms with Crippen molar-refractivity contribution >= 4 is 0 Å². The first kappa shape index (κ1) is 11.6. The molecule has 0 fully saturated rings. The van der Waals surface area contributed by atoms with Crippen molar-refractivity contribution in [3.05, 3.63) is 65.0 Å². The molecule has 0 saturated carbocycles. The molecular weight excluding hydrogens is 234 g/mol. The zero-order valence-electron chi connectivity index (χ0n) is 8.48. The largest absolute Gasteiger partial charge is 0.261 e. The Labute approximate surface area is 94.7 Å². The molecule has 17 heavy (non-hydrogen) atoms. The SMILES string of the molecule is Fc1cncc(Cc2[c]c(F)c(F)c(F)c2)c1. The lowest BCUT2D eigenvalue weighted by atomic mass is 10.1. The third kappa shape index (κ3) is 2.61. The summed E-state index contributed by atoms with van der Waals surface area (Å²) in [7, 11) is 0. The van der Waals surface area contributed by atoms with Crippen LogP contribution in [0, 0.1) is 29.3 Å². The Morgan fingerprint density at radius 2 is 1.82 bits per heavy atom. The first-order chi connectivity index (χ1) is 8.06. The maximum absolute atomic E-state index is 12.9. The van der Waals surface area contributed by atoms with Crippen molar-refractivity contribution < 1.29 is 17.6 Å². The topological polar surface area (TPSA) is 12.9 Å². The van der Waals surface area contributed by atoms with E-state index >= 15 is 0 Å². The van der Waals surface area contributed by atoms with E-state index in [-0.39, 0.29) is 12.0 Å². The van der Waals surface area contributed by atoms with Crippen LogP contribution in [0.4, 0.5) is 17.6 Å². The van der Waals surface area contributed by atoms with E-state index in [4.69, 9.17) is 0 Å². The molecule has 1 aromatic heterocycles. The van der Waals surface area contributed by atoms with E-state index < -0.39 is 23.3 Å². The Morgan fingerprint density at radius 3 is 2.47 bits per heavy atom. The number of rotatable bonds is 2. The van der Waals surface area contributed by atoms with Gasteiger partial charge in [-0.25, -0.2) is 17.6 Å². The van der Waals surface area contributed by atoms with E-state index in [9.17, 15) is 17.6 Å². The average Bonchev–Trinajstić information content (AvgIpc) is 2.26. The van der Waals surface area contributed by atoms with Gasteiger partial charge in [-0.15, -0.1) is 0 Å². The fraction of sp³-hybridized carbons (Fsp3) is 0.0833. The summed E-state index contributed by atoms with van der Waals surface area (Å²) in [5.41, 5.74) is 0.514. The van der Waals surface area contributed by atoms with Gasteiger partial charge >= 0.3 is 0 Å². The highest BCUT2D eigenvalue weighted by Crippen LogP contribution is 2.16. The summed E-state index contributed by atoms with van der Waals surface area (Å²) in [5.74, 6) is -4.79. The van der Waals surface area contributed by atoms with Gasteiger partial charge in [-0.3, -0.25) is 4.98 Å². The van der Waals surface area contributed by atoms with E-state index in [0.717, 1.165) is 12.3 Å². The van der Waals surface area contributed by atoms with Gasteiger partial charge in [0.25, 0.3) is 0 Å². The quantitative estimate of drug-likeness (QED) is 0.580. The highest BCUT2D eigenvalue weighted by atomic mass is 19.2. The highest BCUT2D eigenvalue weighted by molar-refractivity contribution is 5.25. The van der Waals surface area contributed by atoms with Crippen LogP contribution in [0.5, 0.6) is 0 Å². The predicted octanol–water partition coefficient (Wildman–Crippen LogP) is 3.03.